The lowest BCUT2D eigenvalue weighted by Crippen LogP contribution is -2.40. The molecule has 1 aromatic rings. The molecule has 16 heavy (non-hydrogen) atoms. The van der Waals surface area contributed by atoms with E-state index in [9.17, 15) is 0 Å². The van der Waals surface area contributed by atoms with Gasteiger partial charge >= 0.3 is 0 Å². The zero-order valence-electron chi connectivity index (χ0n) is 10.2. The van der Waals surface area contributed by atoms with Gasteiger partial charge in [-0.2, -0.15) is 0 Å². The zero-order chi connectivity index (χ0) is 11.6. The Kier molecular flexibility index (Phi) is 3.15. The molecule has 0 atom stereocenters. The first-order chi connectivity index (χ1) is 7.62. The number of hydrogen-bond donors (Lipinski definition) is 1. The van der Waals surface area contributed by atoms with Crippen molar-refractivity contribution in [2.75, 3.05) is 18.0 Å². The Morgan fingerprint density at radius 1 is 1.50 bits per heavy atom. The summed E-state index contributed by atoms with van der Waals surface area (Å²) in [6, 6.07) is 2.09. The minimum Gasteiger partial charge on any atom is -0.371 e. The molecule has 1 fully saturated rings. The highest BCUT2D eigenvalue weighted by atomic mass is 15.1. The summed E-state index contributed by atoms with van der Waals surface area (Å²) in [6.07, 6.45) is 6.32. The van der Waals surface area contributed by atoms with Crippen molar-refractivity contribution in [1.29, 1.82) is 0 Å². The van der Waals surface area contributed by atoms with E-state index in [1.165, 1.54) is 18.5 Å². The molecule has 2 N–H and O–H groups in total. The van der Waals surface area contributed by atoms with Crippen molar-refractivity contribution in [3.8, 4) is 0 Å². The van der Waals surface area contributed by atoms with Crippen LogP contribution in [0.5, 0.6) is 0 Å². The van der Waals surface area contributed by atoms with E-state index in [0.717, 1.165) is 18.7 Å². The molecule has 0 aliphatic carbocycles. The Morgan fingerprint density at radius 2 is 2.31 bits per heavy atom. The van der Waals surface area contributed by atoms with Gasteiger partial charge in [0.05, 0.1) is 0 Å². The van der Waals surface area contributed by atoms with Crippen LogP contribution >= 0.6 is 0 Å². The summed E-state index contributed by atoms with van der Waals surface area (Å²) in [5, 5.41) is 0. The molecule has 0 saturated carbocycles. The molecule has 1 saturated heterocycles. The van der Waals surface area contributed by atoms with Crippen molar-refractivity contribution in [3.63, 3.8) is 0 Å². The second-order valence-electron chi connectivity index (χ2n) is 5.40. The lowest BCUT2D eigenvalue weighted by molar-refractivity contribution is 0.293. The van der Waals surface area contributed by atoms with Crippen molar-refractivity contribution < 1.29 is 0 Å². The van der Waals surface area contributed by atoms with E-state index in [1.54, 1.807) is 0 Å². The monoisotopic (exact) mass is 219 g/mol. The van der Waals surface area contributed by atoms with Gasteiger partial charge in [-0.3, -0.25) is 4.98 Å². The number of hydrogen-bond acceptors (Lipinski definition) is 3. The van der Waals surface area contributed by atoms with Gasteiger partial charge in [0.2, 0.25) is 0 Å². The quantitative estimate of drug-likeness (QED) is 0.829. The average Bonchev–Trinajstić information content (AvgIpc) is 2.27. The number of piperidine rings is 1. The van der Waals surface area contributed by atoms with Crippen molar-refractivity contribution >= 4 is 5.69 Å². The molecule has 0 radical (unpaired) electrons. The number of pyridine rings is 1. The number of anilines is 1. The van der Waals surface area contributed by atoms with E-state index < -0.39 is 0 Å². The summed E-state index contributed by atoms with van der Waals surface area (Å²) in [4.78, 5) is 6.59. The van der Waals surface area contributed by atoms with E-state index in [1.807, 2.05) is 12.4 Å². The second kappa shape index (κ2) is 4.42. The van der Waals surface area contributed by atoms with Crippen molar-refractivity contribution in [2.45, 2.75) is 33.2 Å². The average molecular weight is 219 g/mol. The third-order valence-electron chi connectivity index (χ3n) is 3.34. The van der Waals surface area contributed by atoms with Crippen molar-refractivity contribution in [3.05, 3.63) is 24.0 Å². The van der Waals surface area contributed by atoms with Gasteiger partial charge in [-0.15, -0.1) is 0 Å². The standard InChI is InChI=1S/C13H21N3/c1-13(2)5-3-7-16(10-13)12-4-6-15-9-11(12)8-14/h4,6,9H,3,5,7-8,10,14H2,1-2H3. The van der Waals surface area contributed by atoms with Crippen LogP contribution in [0, 0.1) is 5.41 Å². The van der Waals surface area contributed by atoms with Crippen molar-refractivity contribution in [2.24, 2.45) is 11.1 Å². The van der Waals surface area contributed by atoms with Gasteiger partial charge in [0.15, 0.2) is 0 Å². The van der Waals surface area contributed by atoms with Crippen LogP contribution in [-0.2, 0) is 6.54 Å². The Bertz CT molecular complexity index is 360. The van der Waals surface area contributed by atoms with E-state index in [-0.39, 0.29) is 0 Å². The molecule has 3 nitrogen and oxygen atoms in total. The molecule has 0 amide bonds. The highest BCUT2D eigenvalue weighted by Crippen LogP contribution is 2.32. The molecular formula is C13H21N3. The molecule has 1 aromatic heterocycles. The molecule has 0 spiro atoms. The summed E-state index contributed by atoms with van der Waals surface area (Å²) in [5.74, 6) is 0. The van der Waals surface area contributed by atoms with Gasteiger partial charge in [-0.25, -0.2) is 0 Å². The van der Waals surface area contributed by atoms with Crippen LogP contribution in [-0.4, -0.2) is 18.1 Å². The highest BCUT2D eigenvalue weighted by Gasteiger charge is 2.27. The van der Waals surface area contributed by atoms with Crippen LogP contribution in [0.25, 0.3) is 0 Å². The lowest BCUT2D eigenvalue weighted by atomic mass is 9.84. The summed E-state index contributed by atoms with van der Waals surface area (Å²) >= 11 is 0. The predicted molar refractivity (Wildman–Crippen MR) is 67.4 cm³/mol. The van der Waals surface area contributed by atoms with E-state index in [4.69, 9.17) is 5.73 Å². The van der Waals surface area contributed by atoms with Crippen LogP contribution in [0.4, 0.5) is 5.69 Å². The summed E-state index contributed by atoms with van der Waals surface area (Å²) in [5.41, 5.74) is 8.59. The predicted octanol–water partition coefficient (Wildman–Crippen LogP) is 2.17. The van der Waals surface area contributed by atoms with E-state index >= 15 is 0 Å². The summed E-state index contributed by atoms with van der Waals surface area (Å²) in [6.45, 7) is 7.50. The normalized spacial score (nSPS) is 19.8. The fourth-order valence-electron chi connectivity index (χ4n) is 2.51. The molecule has 0 unspecified atom stereocenters. The Labute approximate surface area is 97.7 Å². The Hall–Kier alpha value is -1.09. The Balaban J connectivity index is 2.23. The zero-order valence-corrected chi connectivity index (χ0v) is 10.2. The van der Waals surface area contributed by atoms with Crippen LogP contribution in [0.3, 0.4) is 0 Å². The van der Waals surface area contributed by atoms with Crippen molar-refractivity contribution in [1.82, 2.24) is 4.98 Å². The number of nitrogens with zero attached hydrogens (tertiary/aromatic N) is 2. The van der Waals surface area contributed by atoms with Gasteiger partial charge in [-0.05, 0) is 24.3 Å². The largest absolute Gasteiger partial charge is 0.371 e. The summed E-state index contributed by atoms with van der Waals surface area (Å²) < 4.78 is 0. The molecule has 1 aliphatic rings. The molecule has 3 heteroatoms. The SMILES string of the molecule is CC1(C)CCCN(c2ccncc2CN)C1. The van der Waals surface area contributed by atoms with Crippen LogP contribution in [0.15, 0.2) is 18.5 Å². The van der Waals surface area contributed by atoms with Crippen LogP contribution in [0.1, 0.15) is 32.3 Å². The van der Waals surface area contributed by atoms with Crippen LogP contribution in [0.2, 0.25) is 0 Å². The summed E-state index contributed by atoms with van der Waals surface area (Å²) in [7, 11) is 0. The first-order valence-electron chi connectivity index (χ1n) is 6.00. The Morgan fingerprint density at radius 3 is 3.00 bits per heavy atom. The highest BCUT2D eigenvalue weighted by molar-refractivity contribution is 5.52. The maximum absolute atomic E-state index is 5.76. The molecule has 88 valence electrons. The molecule has 1 aliphatic heterocycles. The second-order valence-corrected chi connectivity index (χ2v) is 5.40. The smallest absolute Gasteiger partial charge is 0.0442 e. The van der Waals surface area contributed by atoms with Gasteiger partial charge < -0.3 is 10.6 Å². The lowest BCUT2D eigenvalue weighted by Gasteiger charge is -2.40. The first kappa shape index (κ1) is 11.4. The topological polar surface area (TPSA) is 42.2 Å². The van der Waals surface area contributed by atoms with Gasteiger partial charge in [0.25, 0.3) is 0 Å². The maximum atomic E-state index is 5.76. The fraction of sp³-hybridized carbons (Fsp3) is 0.615. The molecule has 2 rings (SSSR count). The molecular weight excluding hydrogens is 198 g/mol. The third-order valence-corrected chi connectivity index (χ3v) is 3.34. The number of aromatic nitrogens is 1. The van der Waals surface area contributed by atoms with Gasteiger partial charge in [-0.1, -0.05) is 13.8 Å². The van der Waals surface area contributed by atoms with Crippen LogP contribution < -0.4 is 10.6 Å². The number of nitrogens with two attached hydrogens (primary N) is 1. The first-order valence-corrected chi connectivity index (χ1v) is 6.00. The molecule has 2 heterocycles. The minimum atomic E-state index is 0.410. The molecule has 0 bridgehead atoms. The third kappa shape index (κ3) is 2.35. The maximum Gasteiger partial charge on any atom is 0.0442 e. The van der Waals surface area contributed by atoms with E-state index in [2.05, 4.69) is 29.8 Å². The minimum absolute atomic E-state index is 0.410. The molecule has 0 aromatic carbocycles. The number of rotatable bonds is 2. The van der Waals surface area contributed by atoms with E-state index in [0.29, 0.717) is 12.0 Å². The van der Waals surface area contributed by atoms with Gasteiger partial charge in [0.1, 0.15) is 0 Å². The van der Waals surface area contributed by atoms with Gasteiger partial charge in [0, 0.05) is 43.3 Å². The fourth-order valence-corrected chi connectivity index (χ4v) is 2.51.